The van der Waals surface area contributed by atoms with Crippen LogP contribution in [0.15, 0.2) is 0 Å². The maximum atomic E-state index is 12.0. The zero-order valence-electron chi connectivity index (χ0n) is 11.4. The monoisotopic (exact) mass is 288 g/mol. The van der Waals surface area contributed by atoms with E-state index < -0.39 is 24.0 Å². The van der Waals surface area contributed by atoms with Crippen LogP contribution >= 0.6 is 0 Å². The molecular formula is C12H20N2O6. The number of ether oxygens (including phenoxy) is 1. The quantitative estimate of drug-likeness (QED) is 0.662. The van der Waals surface area contributed by atoms with Crippen LogP contribution in [-0.4, -0.2) is 64.9 Å². The fourth-order valence-electron chi connectivity index (χ4n) is 1.94. The molecule has 1 aliphatic rings. The number of carboxylic acids is 2. The summed E-state index contributed by atoms with van der Waals surface area (Å²) in [4.78, 5) is 35.0. The Labute approximate surface area is 116 Å². The van der Waals surface area contributed by atoms with E-state index in [-0.39, 0.29) is 18.9 Å². The summed E-state index contributed by atoms with van der Waals surface area (Å²) in [6.45, 7) is 3.27. The van der Waals surface area contributed by atoms with Crippen molar-refractivity contribution in [1.29, 1.82) is 0 Å². The topological polar surface area (TPSA) is 116 Å². The molecule has 114 valence electrons. The standard InChI is InChI=1S/C12H20N2O6/c1-8-7-14(5-2-6-20-8)12(19)13-9(11(17)18)3-4-10(15)16/h8-9H,2-7H2,1H3,(H,13,19)(H,15,16)(H,17,18). The summed E-state index contributed by atoms with van der Waals surface area (Å²) in [5.41, 5.74) is 0. The van der Waals surface area contributed by atoms with Gasteiger partial charge in [-0.25, -0.2) is 9.59 Å². The Hall–Kier alpha value is -1.83. The predicted octanol–water partition coefficient (Wildman–Crippen LogP) is 0.125. The number of aliphatic carboxylic acids is 2. The van der Waals surface area contributed by atoms with Crippen molar-refractivity contribution in [2.75, 3.05) is 19.7 Å². The van der Waals surface area contributed by atoms with Crippen LogP contribution in [-0.2, 0) is 14.3 Å². The highest BCUT2D eigenvalue weighted by molar-refractivity contribution is 5.83. The number of nitrogens with zero attached hydrogens (tertiary/aromatic N) is 1. The fourth-order valence-corrected chi connectivity index (χ4v) is 1.94. The van der Waals surface area contributed by atoms with E-state index in [0.717, 1.165) is 0 Å². The number of hydrogen-bond acceptors (Lipinski definition) is 4. The van der Waals surface area contributed by atoms with Gasteiger partial charge in [-0.3, -0.25) is 4.79 Å². The van der Waals surface area contributed by atoms with Gasteiger partial charge in [0, 0.05) is 26.1 Å². The molecule has 8 nitrogen and oxygen atoms in total. The van der Waals surface area contributed by atoms with E-state index in [1.165, 1.54) is 4.90 Å². The van der Waals surface area contributed by atoms with Gasteiger partial charge in [-0.1, -0.05) is 0 Å². The van der Waals surface area contributed by atoms with E-state index in [0.29, 0.717) is 26.1 Å². The fraction of sp³-hybridized carbons (Fsp3) is 0.750. The highest BCUT2D eigenvalue weighted by atomic mass is 16.5. The Morgan fingerprint density at radius 2 is 2.10 bits per heavy atom. The molecule has 1 saturated heterocycles. The molecule has 1 heterocycles. The number of amides is 2. The Bertz CT molecular complexity index is 373. The maximum Gasteiger partial charge on any atom is 0.326 e. The SMILES string of the molecule is CC1CN(C(=O)NC(CCC(=O)O)C(=O)O)CCCO1. The third-order valence-corrected chi connectivity index (χ3v) is 2.98. The number of urea groups is 1. The Morgan fingerprint density at radius 3 is 2.70 bits per heavy atom. The van der Waals surface area contributed by atoms with Crippen molar-refractivity contribution in [3.63, 3.8) is 0 Å². The Kier molecular flexibility index (Phi) is 6.23. The van der Waals surface area contributed by atoms with E-state index >= 15 is 0 Å². The molecular weight excluding hydrogens is 268 g/mol. The van der Waals surface area contributed by atoms with Gasteiger partial charge >= 0.3 is 18.0 Å². The van der Waals surface area contributed by atoms with Crippen molar-refractivity contribution in [2.24, 2.45) is 0 Å². The average molecular weight is 288 g/mol. The van der Waals surface area contributed by atoms with Crippen LogP contribution in [0.4, 0.5) is 4.79 Å². The lowest BCUT2D eigenvalue weighted by Crippen LogP contribution is -2.49. The Balaban J connectivity index is 2.55. The van der Waals surface area contributed by atoms with Crippen molar-refractivity contribution >= 4 is 18.0 Å². The smallest absolute Gasteiger partial charge is 0.326 e. The molecule has 0 bridgehead atoms. The second-order valence-corrected chi connectivity index (χ2v) is 4.75. The van der Waals surface area contributed by atoms with E-state index in [1.54, 1.807) is 0 Å². The van der Waals surface area contributed by atoms with Gasteiger partial charge in [0.1, 0.15) is 6.04 Å². The van der Waals surface area contributed by atoms with Gasteiger partial charge in [-0.05, 0) is 19.8 Å². The number of carbonyl (C=O) groups excluding carboxylic acids is 1. The van der Waals surface area contributed by atoms with Crippen molar-refractivity contribution in [1.82, 2.24) is 10.2 Å². The number of hydrogen-bond donors (Lipinski definition) is 3. The highest BCUT2D eigenvalue weighted by Crippen LogP contribution is 2.07. The summed E-state index contributed by atoms with van der Waals surface area (Å²) >= 11 is 0. The minimum atomic E-state index is -1.24. The van der Waals surface area contributed by atoms with Crippen molar-refractivity contribution in [3.8, 4) is 0 Å². The first-order chi connectivity index (χ1) is 9.40. The van der Waals surface area contributed by atoms with Crippen molar-refractivity contribution < 1.29 is 29.3 Å². The molecule has 0 aromatic rings. The van der Waals surface area contributed by atoms with Crippen molar-refractivity contribution in [2.45, 2.75) is 38.3 Å². The molecule has 3 N–H and O–H groups in total. The van der Waals surface area contributed by atoms with Gasteiger partial charge in [-0.2, -0.15) is 0 Å². The highest BCUT2D eigenvalue weighted by Gasteiger charge is 2.25. The zero-order chi connectivity index (χ0) is 15.1. The van der Waals surface area contributed by atoms with Crippen LogP contribution in [0.3, 0.4) is 0 Å². The second-order valence-electron chi connectivity index (χ2n) is 4.75. The molecule has 2 unspecified atom stereocenters. The largest absolute Gasteiger partial charge is 0.481 e. The first-order valence-corrected chi connectivity index (χ1v) is 6.51. The number of carboxylic acid groups (broad SMARTS) is 2. The molecule has 2 amide bonds. The maximum absolute atomic E-state index is 12.0. The van der Waals surface area contributed by atoms with Gasteiger partial charge in [0.15, 0.2) is 0 Å². The normalized spacial score (nSPS) is 20.9. The molecule has 0 radical (unpaired) electrons. The molecule has 2 atom stereocenters. The summed E-state index contributed by atoms with van der Waals surface area (Å²) in [5, 5.41) is 19.9. The van der Waals surface area contributed by atoms with E-state index in [1.807, 2.05) is 6.92 Å². The van der Waals surface area contributed by atoms with Crippen LogP contribution in [0.25, 0.3) is 0 Å². The third kappa shape index (κ3) is 5.43. The summed E-state index contributed by atoms with van der Waals surface area (Å²) in [6.07, 6.45) is 0.128. The molecule has 20 heavy (non-hydrogen) atoms. The first kappa shape index (κ1) is 16.2. The minimum absolute atomic E-state index is 0.106. The predicted molar refractivity (Wildman–Crippen MR) is 68.4 cm³/mol. The summed E-state index contributed by atoms with van der Waals surface area (Å²) in [6, 6.07) is -1.70. The summed E-state index contributed by atoms with van der Waals surface area (Å²) < 4.78 is 5.40. The van der Waals surface area contributed by atoms with E-state index in [2.05, 4.69) is 5.32 Å². The summed E-state index contributed by atoms with van der Waals surface area (Å²) in [5.74, 6) is -2.33. The molecule has 0 saturated carbocycles. The molecule has 0 aliphatic carbocycles. The lowest BCUT2D eigenvalue weighted by Gasteiger charge is -2.24. The van der Waals surface area contributed by atoms with Crippen molar-refractivity contribution in [3.05, 3.63) is 0 Å². The first-order valence-electron chi connectivity index (χ1n) is 6.51. The molecule has 1 rings (SSSR count). The molecule has 0 aromatic carbocycles. The molecule has 1 fully saturated rings. The number of rotatable bonds is 5. The Morgan fingerprint density at radius 1 is 1.40 bits per heavy atom. The third-order valence-electron chi connectivity index (χ3n) is 2.98. The van der Waals surface area contributed by atoms with E-state index in [4.69, 9.17) is 14.9 Å². The van der Waals surface area contributed by atoms with Crippen LogP contribution in [0, 0.1) is 0 Å². The minimum Gasteiger partial charge on any atom is -0.481 e. The van der Waals surface area contributed by atoms with Gasteiger partial charge in [-0.15, -0.1) is 0 Å². The number of nitrogens with one attached hydrogen (secondary N) is 1. The lowest BCUT2D eigenvalue weighted by molar-refractivity contribution is -0.140. The van der Waals surface area contributed by atoms with E-state index in [9.17, 15) is 14.4 Å². The second kappa shape index (κ2) is 7.68. The molecule has 0 aromatic heterocycles. The van der Waals surface area contributed by atoms with Crippen LogP contribution < -0.4 is 5.32 Å². The summed E-state index contributed by atoms with van der Waals surface area (Å²) in [7, 11) is 0. The van der Waals surface area contributed by atoms with Gasteiger partial charge < -0.3 is 25.2 Å². The van der Waals surface area contributed by atoms with Crippen LogP contribution in [0.1, 0.15) is 26.2 Å². The molecule has 8 heteroatoms. The number of carbonyl (C=O) groups is 3. The molecule has 0 spiro atoms. The van der Waals surface area contributed by atoms with Gasteiger partial charge in [0.25, 0.3) is 0 Å². The van der Waals surface area contributed by atoms with Crippen LogP contribution in [0.5, 0.6) is 0 Å². The average Bonchev–Trinajstić information content (AvgIpc) is 2.58. The lowest BCUT2D eigenvalue weighted by atomic mass is 10.1. The van der Waals surface area contributed by atoms with Gasteiger partial charge in [0.2, 0.25) is 0 Å². The zero-order valence-corrected chi connectivity index (χ0v) is 11.4. The van der Waals surface area contributed by atoms with Gasteiger partial charge in [0.05, 0.1) is 6.10 Å². The molecule has 1 aliphatic heterocycles. The van der Waals surface area contributed by atoms with Crippen LogP contribution in [0.2, 0.25) is 0 Å².